The lowest BCUT2D eigenvalue weighted by Gasteiger charge is -2.23. The predicted octanol–water partition coefficient (Wildman–Crippen LogP) is 5.36. The molecule has 2 rings (SSSR count). The summed E-state index contributed by atoms with van der Waals surface area (Å²) in [6, 6.07) is 17.1. The molecule has 0 radical (unpaired) electrons. The molecule has 0 saturated heterocycles. The zero-order valence-electron chi connectivity index (χ0n) is 13.8. The molecule has 118 valence electrons. The Labute approximate surface area is 139 Å². The van der Waals surface area contributed by atoms with Crippen molar-refractivity contribution >= 4 is 11.6 Å². The van der Waals surface area contributed by atoms with Gasteiger partial charge in [0.15, 0.2) is 0 Å². The first kappa shape index (κ1) is 17.1. The Hall–Kier alpha value is -1.31. The summed E-state index contributed by atoms with van der Waals surface area (Å²) >= 11 is 5.89. The lowest BCUT2D eigenvalue weighted by Crippen LogP contribution is -2.18. The second kappa shape index (κ2) is 7.80. The summed E-state index contributed by atoms with van der Waals surface area (Å²) in [6.45, 7) is 8.73. The van der Waals surface area contributed by atoms with Crippen LogP contribution in [-0.4, -0.2) is 6.54 Å². The molecule has 0 spiro atoms. The van der Waals surface area contributed by atoms with Crippen molar-refractivity contribution in [2.24, 2.45) is 0 Å². The van der Waals surface area contributed by atoms with Crippen LogP contribution in [0.4, 0.5) is 0 Å². The van der Waals surface area contributed by atoms with Crippen LogP contribution in [0.1, 0.15) is 43.9 Å². The molecule has 0 aromatic heterocycles. The normalized spacial score (nSPS) is 11.6. The molecule has 2 aromatic carbocycles. The van der Waals surface area contributed by atoms with E-state index in [0.29, 0.717) is 0 Å². The van der Waals surface area contributed by atoms with Crippen molar-refractivity contribution in [1.82, 2.24) is 5.32 Å². The second-order valence-corrected chi connectivity index (χ2v) is 6.92. The first-order chi connectivity index (χ1) is 10.5. The topological polar surface area (TPSA) is 12.0 Å². The summed E-state index contributed by atoms with van der Waals surface area (Å²) in [7, 11) is 0. The third kappa shape index (κ3) is 4.86. The van der Waals surface area contributed by atoms with Gasteiger partial charge in [-0.15, -0.1) is 0 Å². The van der Waals surface area contributed by atoms with E-state index in [-0.39, 0.29) is 5.41 Å². The summed E-state index contributed by atoms with van der Waals surface area (Å²) in [5.74, 6) is 0. The van der Waals surface area contributed by atoms with Crippen LogP contribution in [0.5, 0.6) is 0 Å². The van der Waals surface area contributed by atoms with Gasteiger partial charge in [-0.2, -0.15) is 0 Å². The van der Waals surface area contributed by atoms with Gasteiger partial charge in [0.05, 0.1) is 0 Å². The van der Waals surface area contributed by atoms with Gasteiger partial charge < -0.3 is 5.32 Å². The van der Waals surface area contributed by atoms with Crippen molar-refractivity contribution in [3.05, 3.63) is 70.2 Å². The van der Waals surface area contributed by atoms with Gasteiger partial charge >= 0.3 is 0 Å². The third-order valence-electron chi connectivity index (χ3n) is 4.45. The maximum Gasteiger partial charge on any atom is 0.0406 e. The van der Waals surface area contributed by atoms with Gasteiger partial charge in [0.1, 0.15) is 0 Å². The minimum atomic E-state index is 0.264. The van der Waals surface area contributed by atoms with E-state index in [2.05, 4.69) is 62.5 Å². The number of rotatable bonds is 7. The molecule has 1 N–H and O–H groups in total. The molecule has 0 aliphatic rings. The van der Waals surface area contributed by atoms with Crippen LogP contribution in [0, 0.1) is 0 Å². The molecule has 22 heavy (non-hydrogen) atoms. The summed E-state index contributed by atoms with van der Waals surface area (Å²) in [5, 5.41) is 4.30. The molecule has 0 aliphatic heterocycles. The van der Waals surface area contributed by atoms with Crippen molar-refractivity contribution in [3.8, 4) is 0 Å². The molecule has 0 unspecified atom stereocenters. The first-order valence-corrected chi connectivity index (χ1v) is 8.43. The number of hydrogen-bond donors (Lipinski definition) is 1. The molecule has 2 aromatic rings. The lowest BCUT2D eigenvalue weighted by molar-refractivity contribution is 0.506. The Bertz CT molecular complexity index is 570. The van der Waals surface area contributed by atoms with E-state index in [1.807, 2.05) is 12.1 Å². The van der Waals surface area contributed by atoms with Crippen molar-refractivity contribution in [2.75, 3.05) is 6.54 Å². The summed E-state index contributed by atoms with van der Waals surface area (Å²) < 4.78 is 0. The van der Waals surface area contributed by atoms with E-state index >= 15 is 0 Å². The molecule has 0 fully saturated rings. The quantitative estimate of drug-likeness (QED) is 0.678. The fraction of sp³-hybridized carbons (Fsp3) is 0.400. The Morgan fingerprint density at radius 1 is 0.909 bits per heavy atom. The first-order valence-electron chi connectivity index (χ1n) is 8.06. The van der Waals surface area contributed by atoms with Crippen molar-refractivity contribution in [3.63, 3.8) is 0 Å². The van der Waals surface area contributed by atoms with Gasteiger partial charge in [-0.25, -0.2) is 0 Å². The maximum atomic E-state index is 5.89. The third-order valence-corrected chi connectivity index (χ3v) is 4.70. The average Bonchev–Trinajstić information content (AvgIpc) is 2.54. The number of halogens is 1. The highest BCUT2D eigenvalue weighted by Gasteiger charge is 2.17. The zero-order valence-corrected chi connectivity index (χ0v) is 14.6. The highest BCUT2D eigenvalue weighted by Crippen LogP contribution is 2.26. The Balaban J connectivity index is 1.78. The van der Waals surface area contributed by atoms with E-state index in [1.54, 1.807) is 0 Å². The van der Waals surface area contributed by atoms with Crippen LogP contribution in [0.25, 0.3) is 0 Å². The van der Waals surface area contributed by atoms with Crippen LogP contribution in [0.3, 0.4) is 0 Å². The maximum absolute atomic E-state index is 5.89. The van der Waals surface area contributed by atoms with Gasteiger partial charge in [0, 0.05) is 11.6 Å². The predicted molar refractivity (Wildman–Crippen MR) is 96.6 cm³/mol. The summed E-state index contributed by atoms with van der Waals surface area (Å²) in [4.78, 5) is 0. The Kier molecular flexibility index (Phi) is 6.05. The highest BCUT2D eigenvalue weighted by atomic mass is 35.5. The van der Waals surface area contributed by atoms with Gasteiger partial charge in [0.25, 0.3) is 0 Å². The van der Waals surface area contributed by atoms with Crippen molar-refractivity contribution in [2.45, 2.75) is 45.6 Å². The van der Waals surface area contributed by atoms with Crippen LogP contribution in [0.15, 0.2) is 48.5 Å². The van der Waals surface area contributed by atoms with E-state index in [1.165, 1.54) is 16.7 Å². The molecule has 0 heterocycles. The Morgan fingerprint density at radius 2 is 1.50 bits per heavy atom. The number of hydrogen-bond acceptors (Lipinski definition) is 1. The smallest absolute Gasteiger partial charge is 0.0406 e. The van der Waals surface area contributed by atoms with Crippen LogP contribution >= 0.6 is 11.6 Å². The van der Waals surface area contributed by atoms with Gasteiger partial charge in [0.2, 0.25) is 0 Å². The standard InChI is InChI=1S/C20H26ClN/c1-4-20(2,3)18-9-5-17(6-10-18)15-22-14-13-16-7-11-19(21)12-8-16/h5-12,22H,4,13-15H2,1-3H3. The van der Waals surface area contributed by atoms with Crippen molar-refractivity contribution in [1.29, 1.82) is 0 Å². The summed E-state index contributed by atoms with van der Waals surface area (Å²) in [5.41, 5.74) is 4.34. The van der Waals surface area contributed by atoms with E-state index < -0.39 is 0 Å². The van der Waals surface area contributed by atoms with E-state index in [4.69, 9.17) is 11.6 Å². The fourth-order valence-electron chi connectivity index (χ4n) is 2.39. The van der Waals surface area contributed by atoms with E-state index in [0.717, 1.165) is 31.0 Å². The average molecular weight is 316 g/mol. The molecule has 0 amide bonds. The molecule has 0 saturated carbocycles. The molecular weight excluding hydrogens is 290 g/mol. The molecule has 0 bridgehead atoms. The minimum Gasteiger partial charge on any atom is -0.312 e. The zero-order chi connectivity index (χ0) is 16.0. The molecule has 0 atom stereocenters. The molecule has 2 heteroatoms. The van der Waals surface area contributed by atoms with Gasteiger partial charge in [-0.3, -0.25) is 0 Å². The van der Waals surface area contributed by atoms with E-state index in [9.17, 15) is 0 Å². The van der Waals surface area contributed by atoms with Gasteiger partial charge in [-0.1, -0.05) is 68.8 Å². The lowest BCUT2D eigenvalue weighted by atomic mass is 9.82. The molecule has 0 aliphatic carbocycles. The summed E-state index contributed by atoms with van der Waals surface area (Å²) in [6.07, 6.45) is 2.18. The molecule has 1 nitrogen and oxygen atoms in total. The van der Waals surface area contributed by atoms with Gasteiger partial charge in [-0.05, 0) is 53.6 Å². The Morgan fingerprint density at radius 3 is 2.09 bits per heavy atom. The number of nitrogens with one attached hydrogen (secondary N) is 1. The minimum absolute atomic E-state index is 0.264. The SMILES string of the molecule is CCC(C)(C)c1ccc(CNCCc2ccc(Cl)cc2)cc1. The molecular formula is C20H26ClN. The second-order valence-electron chi connectivity index (χ2n) is 6.49. The van der Waals surface area contributed by atoms with Crippen LogP contribution in [-0.2, 0) is 18.4 Å². The monoisotopic (exact) mass is 315 g/mol. The number of benzene rings is 2. The fourth-order valence-corrected chi connectivity index (χ4v) is 2.52. The van der Waals surface area contributed by atoms with Crippen LogP contribution < -0.4 is 5.32 Å². The van der Waals surface area contributed by atoms with Crippen molar-refractivity contribution < 1.29 is 0 Å². The van der Waals surface area contributed by atoms with Crippen LogP contribution in [0.2, 0.25) is 5.02 Å². The highest BCUT2D eigenvalue weighted by molar-refractivity contribution is 6.30. The largest absolute Gasteiger partial charge is 0.312 e.